The molecule has 0 heterocycles. The molecule has 5 nitrogen and oxygen atoms in total. The van der Waals surface area contributed by atoms with E-state index in [9.17, 15) is 9.59 Å². The van der Waals surface area contributed by atoms with E-state index in [1.54, 1.807) is 0 Å². The van der Waals surface area contributed by atoms with Crippen LogP contribution in [-0.4, -0.2) is 16.9 Å². The highest BCUT2D eigenvalue weighted by atomic mass is 16.6. The van der Waals surface area contributed by atoms with Gasteiger partial charge >= 0.3 is 5.97 Å². The summed E-state index contributed by atoms with van der Waals surface area (Å²) in [5.41, 5.74) is 0.281. The van der Waals surface area contributed by atoms with E-state index in [2.05, 4.69) is 11.8 Å². The first-order valence-corrected chi connectivity index (χ1v) is 5.87. The van der Waals surface area contributed by atoms with Gasteiger partial charge in [-0.1, -0.05) is 19.8 Å². The summed E-state index contributed by atoms with van der Waals surface area (Å²) in [4.78, 5) is 27.2. The van der Waals surface area contributed by atoms with Crippen LogP contribution < -0.4 is 10.7 Å². The SMILES string of the molecule is CCCCCC(=O)c1ccc(ON)c(C(=O)O)c1. The van der Waals surface area contributed by atoms with Crippen LogP contribution >= 0.6 is 0 Å². The maximum atomic E-state index is 11.8. The van der Waals surface area contributed by atoms with Gasteiger partial charge in [-0.2, -0.15) is 5.90 Å². The lowest BCUT2D eigenvalue weighted by atomic mass is 10.0. The smallest absolute Gasteiger partial charge is 0.339 e. The number of Topliss-reactive ketones (excluding diaryl/α,β-unsaturated/α-hetero) is 1. The van der Waals surface area contributed by atoms with Crippen LogP contribution in [0.2, 0.25) is 0 Å². The quantitative estimate of drug-likeness (QED) is 0.441. The fraction of sp³-hybridized carbons (Fsp3) is 0.385. The molecule has 5 heteroatoms. The molecule has 0 radical (unpaired) electrons. The summed E-state index contributed by atoms with van der Waals surface area (Å²) in [6.07, 6.45) is 3.26. The van der Waals surface area contributed by atoms with E-state index >= 15 is 0 Å². The first kappa shape index (κ1) is 14.2. The maximum Gasteiger partial charge on any atom is 0.339 e. The number of hydrogen-bond donors (Lipinski definition) is 2. The number of aromatic carboxylic acids is 1. The Kier molecular flexibility index (Phi) is 5.32. The summed E-state index contributed by atoms with van der Waals surface area (Å²) in [6, 6.07) is 4.23. The van der Waals surface area contributed by atoms with Crippen LogP contribution in [0.15, 0.2) is 18.2 Å². The summed E-state index contributed by atoms with van der Waals surface area (Å²) in [5.74, 6) is 3.78. The molecule has 0 saturated carbocycles. The van der Waals surface area contributed by atoms with Crippen molar-refractivity contribution in [3.05, 3.63) is 29.3 Å². The van der Waals surface area contributed by atoms with E-state index in [0.717, 1.165) is 19.3 Å². The van der Waals surface area contributed by atoms with Gasteiger partial charge in [0.1, 0.15) is 5.56 Å². The van der Waals surface area contributed by atoms with Crippen LogP contribution in [-0.2, 0) is 0 Å². The molecule has 1 aromatic rings. The van der Waals surface area contributed by atoms with Crippen LogP contribution in [0.4, 0.5) is 0 Å². The molecule has 0 spiro atoms. The highest BCUT2D eigenvalue weighted by molar-refractivity contribution is 6.00. The second-order valence-electron chi connectivity index (χ2n) is 4.01. The van der Waals surface area contributed by atoms with Gasteiger partial charge in [0.05, 0.1) is 0 Å². The largest absolute Gasteiger partial charge is 0.478 e. The van der Waals surface area contributed by atoms with Crippen molar-refractivity contribution in [1.29, 1.82) is 0 Å². The van der Waals surface area contributed by atoms with Gasteiger partial charge in [-0.3, -0.25) is 4.79 Å². The van der Waals surface area contributed by atoms with E-state index < -0.39 is 5.97 Å². The van der Waals surface area contributed by atoms with Crippen LogP contribution in [0.1, 0.15) is 53.3 Å². The minimum Gasteiger partial charge on any atom is -0.478 e. The number of carbonyl (C=O) groups excluding carboxylic acids is 1. The Balaban J connectivity index is 2.87. The molecular weight excluding hydrogens is 234 g/mol. The van der Waals surface area contributed by atoms with Gasteiger partial charge < -0.3 is 9.94 Å². The molecule has 0 fully saturated rings. The zero-order valence-electron chi connectivity index (χ0n) is 10.3. The molecule has 0 aromatic heterocycles. The summed E-state index contributed by atoms with van der Waals surface area (Å²) in [6.45, 7) is 2.06. The lowest BCUT2D eigenvalue weighted by Crippen LogP contribution is -2.10. The van der Waals surface area contributed by atoms with Crippen molar-refractivity contribution in [1.82, 2.24) is 0 Å². The van der Waals surface area contributed by atoms with Crippen LogP contribution in [0.5, 0.6) is 5.75 Å². The first-order chi connectivity index (χ1) is 8.60. The monoisotopic (exact) mass is 251 g/mol. The molecule has 0 atom stereocenters. The summed E-state index contributed by atoms with van der Waals surface area (Å²) in [5, 5.41) is 8.97. The van der Waals surface area contributed by atoms with Gasteiger partial charge in [0.25, 0.3) is 0 Å². The fourth-order valence-electron chi connectivity index (χ4n) is 1.65. The Morgan fingerprint density at radius 3 is 2.61 bits per heavy atom. The number of carboxylic acid groups (broad SMARTS) is 1. The molecule has 0 aliphatic heterocycles. The van der Waals surface area contributed by atoms with Crippen molar-refractivity contribution in [3.8, 4) is 5.75 Å². The van der Waals surface area contributed by atoms with E-state index in [4.69, 9.17) is 11.0 Å². The van der Waals surface area contributed by atoms with Crippen molar-refractivity contribution < 1.29 is 19.5 Å². The Labute approximate surface area is 106 Å². The molecule has 0 bridgehead atoms. The van der Waals surface area contributed by atoms with E-state index in [-0.39, 0.29) is 17.1 Å². The topological polar surface area (TPSA) is 89.6 Å². The fourth-order valence-corrected chi connectivity index (χ4v) is 1.65. The number of hydrogen-bond acceptors (Lipinski definition) is 4. The second-order valence-corrected chi connectivity index (χ2v) is 4.01. The summed E-state index contributed by atoms with van der Waals surface area (Å²) >= 11 is 0. The summed E-state index contributed by atoms with van der Waals surface area (Å²) < 4.78 is 0. The molecule has 18 heavy (non-hydrogen) atoms. The molecular formula is C13H17NO4. The molecule has 98 valence electrons. The lowest BCUT2D eigenvalue weighted by molar-refractivity contribution is 0.0692. The lowest BCUT2D eigenvalue weighted by Gasteiger charge is -2.06. The van der Waals surface area contributed by atoms with E-state index in [1.807, 2.05) is 0 Å². The third-order valence-electron chi connectivity index (χ3n) is 2.67. The number of unbranched alkanes of at least 4 members (excludes halogenated alkanes) is 2. The number of nitrogens with two attached hydrogens (primary N) is 1. The highest BCUT2D eigenvalue weighted by Crippen LogP contribution is 2.20. The average molecular weight is 251 g/mol. The number of carboxylic acids is 1. The van der Waals surface area contributed by atoms with Crippen molar-refractivity contribution >= 4 is 11.8 Å². The molecule has 0 unspecified atom stereocenters. The molecule has 3 N–H and O–H groups in total. The maximum absolute atomic E-state index is 11.8. The van der Waals surface area contributed by atoms with E-state index in [1.165, 1.54) is 18.2 Å². The zero-order valence-corrected chi connectivity index (χ0v) is 10.3. The Hall–Kier alpha value is -1.88. The number of carbonyl (C=O) groups is 2. The minimum atomic E-state index is -1.17. The van der Waals surface area contributed by atoms with Gasteiger partial charge in [-0.05, 0) is 24.6 Å². The molecule has 1 aromatic carbocycles. The predicted octanol–water partition coefficient (Wildman–Crippen LogP) is 2.40. The predicted molar refractivity (Wildman–Crippen MR) is 66.7 cm³/mol. The number of ketones is 1. The van der Waals surface area contributed by atoms with Gasteiger partial charge in [-0.15, -0.1) is 0 Å². The van der Waals surface area contributed by atoms with Gasteiger partial charge in [0.2, 0.25) is 0 Å². The second kappa shape index (κ2) is 6.76. The third-order valence-corrected chi connectivity index (χ3v) is 2.67. The zero-order chi connectivity index (χ0) is 13.5. The molecule has 0 aliphatic rings. The van der Waals surface area contributed by atoms with Crippen molar-refractivity contribution in [3.63, 3.8) is 0 Å². The Morgan fingerprint density at radius 2 is 2.06 bits per heavy atom. The van der Waals surface area contributed by atoms with E-state index in [0.29, 0.717) is 12.0 Å². The normalized spacial score (nSPS) is 10.1. The molecule has 0 amide bonds. The van der Waals surface area contributed by atoms with Gasteiger partial charge in [0.15, 0.2) is 11.5 Å². The van der Waals surface area contributed by atoms with Crippen LogP contribution in [0, 0.1) is 0 Å². The Morgan fingerprint density at radius 1 is 1.33 bits per heavy atom. The molecule has 0 aliphatic carbocycles. The number of benzene rings is 1. The average Bonchev–Trinajstić information content (AvgIpc) is 2.38. The molecule has 0 saturated heterocycles. The Bertz CT molecular complexity index is 443. The molecule has 1 rings (SSSR count). The van der Waals surface area contributed by atoms with Crippen molar-refractivity contribution in [2.24, 2.45) is 5.90 Å². The van der Waals surface area contributed by atoms with Gasteiger partial charge in [0, 0.05) is 12.0 Å². The van der Waals surface area contributed by atoms with Crippen molar-refractivity contribution in [2.45, 2.75) is 32.6 Å². The third kappa shape index (κ3) is 3.56. The van der Waals surface area contributed by atoms with Gasteiger partial charge in [-0.25, -0.2) is 4.79 Å². The standard InChI is InChI=1S/C13H17NO4/c1-2-3-4-5-11(15)9-6-7-12(18-14)10(8-9)13(16)17/h6-8H,2-5,14H2,1H3,(H,16,17). The van der Waals surface area contributed by atoms with Crippen LogP contribution in [0.25, 0.3) is 0 Å². The van der Waals surface area contributed by atoms with Crippen LogP contribution in [0.3, 0.4) is 0 Å². The highest BCUT2D eigenvalue weighted by Gasteiger charge is 2.15. The van der Waals surface area contributed by atoms with Crippen molar-refractivity contribution in [2.75, 3.05) is 0 Å². The first-order valence-electron chi connectivity index (χ1n) is 5.87. The minimum absolute atomic E-state index is 0.0487. The summed E-state index contributed by atoms with van der Waals surface area (Å²) in [7, 11) is 0. The number of rotatable bonds is 7.